The van der Waals surface area contributed by atoms with Crippen LogP contribution < -0.4 is 5.32 Å². The molecule has 0 spiro atoms. The summed E-state index contributed by atoms with van der Waals surface area (Å²) in [7, 11) is 0. The third-order valence-corrected chi connectivity index (χ3v) is 5.26. The van der Waals surface area contributed by atoms with E-state index in [9.17, 15) is 5.11 Å². The summed E-state index contributed by atoms with van der Waals surface area (Å²) in [6.07, 6.45) is 2.44. The zero-order valence-electron chi connectivity index (χ0n) is 12.4. The van der Waals surface area contributed by atoms with E-state index in [0.717, 1.165) is 11.4 Å². The lowest BCUT2D eigenvalue weighted by molar-refractivity contribution is 0.0288. The molecule has 0 saturated heterocycles. The Balaban J connectivity index is 1.64. The lowest BCUT2D eigenvalue weighted by Crippen LogP contribution is -2.32. The SMILES string of the molecule is CCc1cnc(C(C)NCC(O)COCc2cccs2)s1. The molecule has 21 heavy (non-hydrogen) atoms. The first-order chi connectivity index (χ1) is 10.2. The van der Waals surface area contributed by atoms with E-state index in [1.54, 1.807) is 22.7 Å². The molecule has 116 valence electrons. The molecule has 0 amide bonds. The van der Waals surface area contributed by atoms with Crippen LogP contribution in [0.5, 0.6) is 0 Å². The van der Waals surface area contributed by atoms with Crippen molar-refractivity contribution in [2.75, 3.05) is 13.2 Å². The fraction of sp³-hybridized carbons (Fsp3) is 0.533. The summed E-state index contributed by atoms with van der Waals surface area (Å²) in [6.45, 7) is 5.61. The number of rotatable bonds is 9. The number of aliphatic hydroxyl groups is 1. The molecule has 0 aliphatic heterocycles. The molecule has 2 aromatic heterocycles. The van der Waals surface area contributed by atoms with Crippen molar-refractivity contribution in [1.82, 2.24) is 10.3 Å². The van der Waals surface area contributed by atoms with Gasteiger partial charge in [-0.3, -0.25) is 0 Å². The van der Waals surface area contributed by atoms with Crippen LogP contribution >= 0.6 is 22.7 Å². The van der Waals surface area contributed by atoms with Crippen molar-refractivity contribution in [2.45, 2.75) is 39.0 Å². The molecule has 4 nitrogen and oxygen atoms in total. The van der Waals surface area contributed by atoms with Gasteiger partial charge in [0.05, 0.1) is 25.4 Å². The molecule has 2 rings (SSSR count). The number of nitrogens with zero attached hydrogens (tertiary/aromatic N) is 1. The van der Waals surface area contributed by atoms with E-state index < -0.39 is 6.10 Å². The first-order valence-corrected chi connectivity index (χ1v) is 8.84. The van der Waals surface area contributed by atoms with Gasteiger partial charge in [0.15, 0.2) is 0 Å². The lowest BCUT2D eigenvalue weighted by Gasteiger charge is -2.15. The summed E-state index contributed by atoms with van der Waals surface area (Å²) in [5.41, 5.74) is 0. The van der Waals surface area contributed by atoms with Gasteiger partial charge >= 0.3 is 0 Å². The average Bonchev–Trinajstić information content (AvgIpc) is 3.15. The number of thiophene rings is 1. The van der Waals surface area contributed by atoms with Crippen LogP contribution in [-0.4, -0.2) is 29.3 Å². The van der Waals surface area contributed by atoms with Gasteiger partial charge in [-0.15, -0.1) is 22.7 Å². The summed E-state index contributed by atoms with van der Waals surface area (Å²) in [5.74, 6) is 0. The molecule has 0 aliphatic rings. The molecule has 0 fully saturated rings. The van der Waals surface area contributed by atoms with Crippen molar-refractivity contribution in [3.05, 3.63) is 38.5 Å². The predicted molar refractivity (Wildman–Crippen MR) is 87.9 cm³/mol. The molecule has 0 aliphatic carbocycles. The van der Waals surface area contributed by atoms with E-state index in [4.69, 9.17) is 4.74 Å². The van der Waals surface area contributed by atoms with E-state index in [2.05, 4.69) is 24.1 Å². The second-order valence-electron chi connectivity index (χ2n) is 4.90. The summed E-state index contributed by atoms with van der Waals surface area (Å²) < 4.78 is 5.51. The van der Waals surface area contributed by atoms with Crippen molar-refractivity contribution in [2.24, 2.45) is 0 Å². The fourth-order valence-corrected chi connectivity index (χ4v) is 3.36. The molecule has 2 aromatic rings. The van der Waals surface area contributed by atoms with E-state index in [1.807, 2.05) is 23.7 Å². The van der Waals surface area contributed by atoms with Gasteiger partial charge in [-0.05, 0) is 24.8 Å². The Hall–Kier alpha value is -0.790. The normalized spacial score (nSPS) is 14.2. The van der Waals surface area contributed by atoms with Crippen LogP contribution in [0.15, 0.2) is 23.7 Å². The smallest absolute Gasteiger partial charge is 0.109 e. The molecule has 2 unspecified atom stereocenters. The zero-order valence-corrected chi connectivity index (χ0v) is 14.0. The Morgan fingerprint density at radius 1 is 1.43 bits per heavy atom. The summed E-state index contributed by atoms with van der Waals surface area (Å²) in [5, 5.41) is 16.3. The molecule has 0 bridgehead atoms. The maximum Gasteiger partial charge on any atom is 0.109 e. The average molecular weight is 326 g/mol. The first-order valence-electron chi connectivity index (χ1n) is 7.15. The van der Waals surface area contributed by atoms with E-state index >= 15 is 0 Å². The molecule has 2 heterocycles. The molecule has 2 N–H and O–H groups in total. The molecule has 0 radical (unpaired) electrons. The van der Waals surface area contributed by atoms with E-state index in [1.165, 1.54) is 9.75 Å². The summed E-state index contributed by atoms with van der Waals surface area (Å²) in [4.78, 5) is 6.87. The molecular weight excluding hydrogens is 304 g/mol. The van der Waals surface area contributed by atoms with Gasteiger partial charge in [-0.1, -0.05) is 13.0 Å². The minimum Gasteiger partial charge on any atom is -0.389 e. The number of nitrogens with one attached hydrogen (secondary N) is 1. The highest BCUT2D eigenvalue weighted by Crippen LogP contribution is 2.20. The van der Waals surface area contributed by atoms with Crippen molar-refractivity contribution < 1.29 is 9.84 Å². The highest BCUT2D eigenvalue weighted by molar-refractivity contribution is 7.11. The Morgan fingerprint density at radius 2 is 2.29 bits per heavy atom. The Morgan fingerprint density at radius 3 is 2.95 bits per heavy atom. The third kappa shape index (κ3) is 5.48. The molecule has 0 saturated carbocycles. The van der Waals surface area contributed by atoms with Gasteiger partial charge in [0.25, 0.3) is 0 Å². The van der Waals surface area contributed by atoms with Gasteiger partial charge in [-0.2, -0.15) is 0 Å². The number of thiazole rings is 1. The van der Waals surface area contributed by atoms with Crippen LogP contribution in [0, 0.1) is 0 Å². The lowest BCUT2D eigenvalue weighted by atomic mass is 10.3. The number of hydrogen-bond acceptors (Lipinski definition) is 6. The number of aryl methyl sites for hydroxylation is 1. The summed E-state index contributed by atoms with van der Waals surface area (Å²) >= 11 is 3.39. The van der Waals surface area contributed by atoms with Crippen molar-refractivity contribution in [3.8, 4) is 0 Å². The second-order valence-corrected chi connectivity index (χ2v) is 7.08. The van der Waals surface area contributed by atoms with Gasteiger partial charge in [-0.25, -0.2) is 4.98 Å². The van der Waals surface area contributed by atoms with Crippen molar-refractivity contribution in [3.63, 3.8) is 0 Å². The largest absolute Gasteiger partial charge is 0.389 e. The minimum absolute atomic E-state index is 0.155. The third-order valence-electron chi connectivity index (χ3n) is 3.08. The monoisotopic (exact) mass is 326 g/mol. The quantitative estimate of drug-likeness (QED) is 0.744. The van der Waals surface area contributed by atoms with Crippen LogP contribution in [0.3, 0.4) is 0 Å². The Kier molecular flexibility index (Phi) is 6.79. The zero-order chi connectivity index (χ0) is 15.1. The van der Waals surface area contributed by atoms with Crippen LogP contribution in [0.4, 0.5) is 0 Å². The number of aromatic nitrogens is 1. The van der Waals surface area contributed by atoms with Crippen LogP contribution in [0.25, 0.3) is 0 Å². The van der Waals surface area contributed by atoms with Crippen LogP contribution in [-0.2, 0) is 17.8 Å². The van der Waals surface area contributed by atoms with Gasteiger partial charge < -0.3 is 15.2 Å². The minimum atomic E-state index is -0.502. The molecule has 2 atom stereocenters. The maximum absolute atomic E-state index is 9.92. The van der Waals surface area contributed by atoms with E-state index in [0.29, 0.717) is 19.8 Å². The van der Waals surface area contributed by atoms with Crippen LogP contribution in [0.2, 0.25) is 0 Å². The topological polar surface area (TPSA) is 54.4 Å². The van der Waals surface area contributed by atoms with Gasteiger partial charge in [0.1, 0.15) is 5.01 Å². The fourth-order valence-electron chi connectivity index (χ4n) is 1.84. The van der Waals surface area contributed by atoms with Gasteiger partial charge in [0, 0.05) is 22.5 Å². The number of ether oxygens (including phenoxy) is 1. The van der Waals surface area contributed by atoms with Crippen LogP contribution in [0.1, 0.15) is 34.7 Å². The number of aliphatic hydroxyl groups excluding tert-OH is 1. The number of hydrogen-bond donors (Lipinski definition) is 2. The van der Waals surface area contributed by atoms with Gasteiger partial charge in [0.2, 0.25) is 0 Å². The predicted octanol–water partition coefficient (Wildman–Crippen LogP) is 3.00. The molecular formula is C15H22N2O2S2. The maximum atomic E-state index is 9.92. The molecule has 0 aromatic carbocycles. The highest BCUT2D eigenvalue weighted by Gasteiger charge is 2.12. The van der Waals surface area contributed by atoms with E-state index in [-0.39, 0.29) is 6.04 Å². The Bertz CT molecular complexity index is 513. The second kappa shape index (κ2) is 8.60. The highest BCUT2D eigenvalue weighted by atomic mass is 32.1. The molecule has 6 heteroatoms. The Labute approximate surface area is 133 Å². The standard InChI is InChI=1S/C15H22N2O2S2/c1-3-13-8-17-15(21-13)11(2)16-7-12(18)9-19-10-14-5-4-6-20-14/h4-6,8,11-12,16,18H,3,7,9-10H2,1-2H3. The van der Waals surface area contributed by atoms with Crippen molar-refractivity contribution in [1.29, 1.82) is 0 Å². The first kappa shape index (κ1) is 16.6. The summed E-state index contributed by atoms with van der Waals surface area (Å²) in [6, 6.07) is 4.19. The van der Waals surface area contributed by atoms with Crippen molar-refractivity contribution >= 4 is 22.7 Å².